The summed E-state index contributed by atoms with van der Waals surface area (Å²) in [6.07, 6.45) is 1.87. The minimum absolute atomic E-state index is 0.124. The molecule has 0 saturated heterocycles. The van der Waals surface area contributed by atoms with Crippen LogP contribution in [0.15, 0.2) is 30.9 Å². The fourth-order valence-electron chi connectivity index (χ4n) is 2.38. The number of likely N-dealkylation sites (N-methyl/N-ethyl adjacent to an activating group) is 1. The van der Waals surface area contributed by atoms with Crippen molar-refractivity contribution >= 4 is 21.4 Å². The number of nitrogens with zero attached hydrogens (tertiary/aromatic N) is 1. The van der Waals surface area contributed by atoms with Gasteiger partial charge in [0.2, 0.25) is 0 Å². The first-order chi connectivity index (χ1) is 10.0. The number of thiophene rings is 1. The summed E-state index contributed by atoms with van der Waals surface area (Å²) in [4.78, 5) is 3.37. The lowest BCUT2D eigenvalue weighted by Crippen LogP contribution is -2.23. The Balaban J connectivity index is 2.40. The van der Waals surface area contributed by atoms with Crippen molar-refractivity contribution in [3.63, 3.8) is 0 Å². The van der Waals surface area contributed by atoms with E-state index in [2.05, 4.69) is 30.6 Å². The van der Waals surface area contributed by atoms with E-state index in [9.17, 15) is 4.39 Å². The van der Waals surface area contributed by atoms with Crippen LogP contribution < -0.4 is 5.32 Å². The Morgan fingerprint density at radius 3 is 2.86 bits per heavy atom. The molecule has 1 aromatic carbocycles. The average Bonchev–Trinajstić information content (AvgIpc) is 2.76. The molecular formula is C17H23FN2S. The number of nitrogens with one attached hydrogen (secondary N) is 1. The number of fused-ring (bicyclic) bond motifs is 1. The summed E-state index contributed by atoms with van der Waals surface area (Å²) in [5.74, 6) is -0.124. The van der Waals surface area contributed by atoms with Crippen molar-refractivity contribution in [2.75, 3.05) is 13.6 Å². The molecule has 1 aromatic heterocycles. The van der Waals surface area contributed by atoms with Crippen LogP contribution in [0, 0.1) is 5.82 Å². The largest absolute Gasteiger partial charge is 0.310 e. The predicted octanol–water partition coefficient (Wildman–Crippen LogP) is 4.16. The Morgan fingerprint density at radius 2 is 2.19 bits per heavy atom. The molecule has 4 heteroatoms. The third-order valence-corrected chi connectivity index (χ3v) is 4.58. The van der Waals surface area contributed by atoms with Crippen LogP contribution in [0.2, 0.25) is 0 Å². The molecule has 0 unspecified atom stereocenters. The minimum atomic E-state index is -0.124. The van der Waals surface area contributed by atoms with Crippen LogP contribution in [0.1, 0.15) is 24.3 Å². The Kier molecular flexibility index (Phi) is 5.51. The highest BCUT2D eigenvalue weighted by molar-refractivity contribution is 7.19. The fourth-order valence-corrected chi connectivity index (χ4v) is 3.56. The van der Waals surface area contributed by atoms with E-state index in [1.165, 1.54) is 4.88 Å². The van der Waals surface area contributed by atoms with Gasteiger partial charge in [-0.15, -0.1) is 17.9 Å². The monoisotopic (exact) mass is 306 g/mol. The highest BCUT2D eigenvalue weighted by atomic mass is 32.1. The molecule has 0 aliphatic heterocycles. The zero-order chi connectivity index (χ0) is 15.4. The third-order valence-electron chi connectivity index (χ3n) is 3.39. The molecule has 0 aliphatic carbocycles. The van der Waals surface area contributed by atoms with Crippen LogP contribution in [0.25, 0.3) is 10.1 Å². The molecular weight excluding hydrogens is 283 g/mol. The maximum atomic E-state index is 14.2. The van der Waals surface area contributed by atoms with E-state index in [1.807, 2.05) is 19.2 Å². The van der Waals surface area contributed by atoms with Crippen LogP contribution in [-0.4, -0.2) is 24.5 Å². The van der Waals surface area contributed by atoms with E-state index in [-0.39, 0.29) is 5.82 Å². The van der Waals surface area contributed by atoms with Crippen LogP contribution in [0.3, 0.4) is 0 Å². The van der Waals surface area contributed by atoms with Gasteiger partial charge in [0.1, 0.15) is 5.82 Å². The van der Waals surface area contributed by atoms with Gasteiger partial charge in [-0.25, -0.2) is 4.39 Å². The second-order valence-corrected chi connectivity index (χ2v) is 6.77. The summed E-state index contributed by atoms with van der Waals surface area (Å²) in [6, 6.07) is 5.74. The smallest absolute Gasteiger partial charge is 0.132 e. The molecule has 0 spiro atoms. The van der Waals surface area contributed by atoms with Gasteiger partial charge in [0.05, 0.1) is 0 Å². The van der Waals surface area contributed by atoms with E-state index in [4.69, 9.17) is 0 Å². The van der Waals surface area contributed by atoms with Gasteiger partial charge in [0, 0.05) is 40.6 Å². The van der Waals surface area contributed by atoms with E-state index in [0.717, 1.165) is 35.3 Å². The highest BCUT2D eigenvalue weighted by Gasteiger charge is 2.16. The number of rotatable bonds is 7. The van der Waals surface area contributed by atoms with Gasteiger partial charge in [-0.1, -0.05) is 26.0 Å². The average molecular weight is 306 g/mol. The second kappa shape index (κ2) is 7.16. The van der Waals surface area contributed by atoms with Crippen molar-refractivity contribution in [3.8, 4) is 0 Å². The zero-order valence-electron chi connectivity index (χ0n) is 12.9. The molecule has 0 atom stereocenters. The molecule has 0 saturated carbocycles. The summed E-state index contributed by atoms with van der Waals surface area (Å²) < 4.78 is 15.3. The zero-order valence-corrected chi connectivity index (χ0v) is 13.8. The van der Waals surface area contributed by atoms with Crippen LogP contribution in [0.4, 0.5) is 4.39 Å². The van der Waals surface area contributed by atoms with Crippen LogP contribution in [0.5, 0.6) is 0 Å². The van der Waals surface area contributed by atoms with E-state index < -0.39 is 0 Å². The third kappa shape index (κ3) is 3.90. The van der Waals surface area contributed by atoms with Crippen molar-refractivity contribution < 1.29 is 4.39 Å². The quantitative estimate of drug-likeness (QED) is 0.773. The van der Waals surface area contributed by atoms with Gasteiger partial charge in [-0.3, -0.25) is 4.90 Å². The van der Waals surface area contributed by atoms with E-state index in [0.29, 0.717) is 6.04 Å². The minimum Gasteiger partial charge on any atom is -0.310 e. The summed E-state index contributed by atoms with van der Waals surface area (Å²) >= 11 is 1.69. The molecule has 2 aromatic rings. The van der Waals surface area contributed by atoms with E-state index in [1.54, 1.807) is 23.5 Å². The lowest BCUT2D eigenvalue weighted by Gasteiger charge is -2.16. The van der Waals surface area contributed by atoms with Crippen LogP contribution in [-0.2, 0) is 13.1 Å². The predicted molar refractivity (Wildman–Crippen MR) is 90.3 cm³/mol. The molecule has 0 aliphatic rings. The molecule has 1 N–H and O–H groups in total. The molecule has 1 heterocycles. The summed E-state index contributed by atoms with van der Waals surface area (Å²) in [5, 5.41) is 4.21. The van der Waals surface area contributed by atoms with E-state index >= 15 is 0 Å². The van der Waals surface area contributed by atoms with Gasteiger partial charge >= 0.3 is 0 Å². The lowest BCUT2D eigenvalue weighted by atomic mass is 10.1. The molecule has 114 valence electrons. The lowest BCUT2D eigenvalue weighted by molar-refractivity contribution is 0.363. The molecule has 2 rings (SSSR count). The molecule has 2 nitrogen and oxygen atoms in total. The van der Waals surface area contributed by atoms with Gasteiger partial charge in [-0.2, -0.15) is 0 Å². The Bertz CT molecular complexity index is 619. The highest BCUT2D eigenvalue weighted by Crippen LogP contribution is 2.34. The molecule has 0 amide bonds. The molecule has 0 radical (unpaired) electrons. The van der Waals surface area contributed by atoms with Crippen molar-refractivity contribution in [3.05, 3.63) is 47.1 Å². The number of hydrogen-bond acceptors (Lipinski definition) is 3. The fraction of sp³-hybridized carbons (Fsp3) is 0.412. The molecule has 0 bridgehead atoms. The Morgan fingerprint density at radius 1 is 1.43 bits per heavy atom. The number of halogens is 1. The van der Waals surface area contributed by atoms with Crippen molar-refractivity contribution in [2.45, 2.75) is 33.0 Å². The SMILES string of the molecule is C=CCN(C)Cc1c(CNC(C)C)sc2cccc(F)c12. The van der Waals surface area contributed by atoms with Gasteiger partial charge < -0.3 is 5.32 Å². The summed E-state index contributed by atoms with van der Waals surface area (Å²) in [5.41, 5.74) is 1.10. The maximum absolute atomic E-state index is 14.2. The number of hydrogen-bond donors (Lipinski definition) is 1. The van der Waals surface area contributed by atoms with Crippen molar-refractivity contribution in [1.82, 2.24) is 10.2 Å². The van der Waals surface area contributed by atoms with Crippen molar-refractivity contribution in [1.29, 1.82) is 0 Å². The first-order valence-corrected chi connectivity index (χ1v) is 8.06. The van der Waals surface area contributed by atoms with Gasteiger partial charge in [0.15, 0.2) is 0 Å². The Labute approximate surface area is 130 Å². The summed E-state index contributed by atoms with van der Waals surface area (Å²) in [6.45, 7) is 10.3. The first-order valence-electron chi connectivity index (χ1n) is 7.24. The standard InChI is InChI=1S/C17H23FN2S/c1-5-9-20(4)11-13-16(10-19-12(2)3)21-15-8-6-7-14(18)17(13)15/h5-8,12,19H,1,9-11H2,2-4H3. The molecule has 21 heavy (non-hydrogen) atoms. The second-order valence-electron chi connectivity index (χ2n) is 5.64. The maximum Gasteiger partial charge on any atom is 0.132 e. The Hall–Kier alpha value is -1.23. The normalized spacial score (nSPS) is 11.7. The first kappa shape index (κ1) is 16.1. The number of benzene rings is 1. The van der Waals surface area contributed by atoms with Gasteiger partial charge in [-0.05, 0) is 24.7 Å². The topological polar surface area (TPSA) is 15.3 Å². The van der Waals surface area contributed by atoms with Crippen molar-refractivity contribution in [2.24, 2.45) is 0 Å². The van der Waals surface area contributed by atoms with Gasteiger partial charge in [0.25, 0.3) is 0 Å². The molecule has 0 fully saturated rings. The van der Waals surface area contributed by atoms with Crippen LogP contribution >= 0.6 is 11.3 Å². The summed E-state index contributed by atoms with van der Waals surface area (Å²) in [7, 11) is 2.03.